The summed E-state index contributed by atoms with van der Waals surface area (Å²) in [5.74, 6) is -0.854. The second-order valence-electron chi connectivity index (χ2n) is 8.82. The third kappa shape index (κ3) is 6.17. The number of nitrogens with zero attached hydrogens (tertiary/aromatic N) is 1. The number of hydrogen-bond donors (Lipinski definition) is 2. The third-order valence-electron chi connectivity index (χ3n) is 5.23. The average Bonchev–Trinajstić information content (AvgIpc) is 2.55. The number of likely N-dealkylation sites (tertiary alicyclic amines) is 1. The Morgan fingerprint density at radius 3 is 2.54 bits per heavy atom. The monoisotopic (exact) mass is 411 g/mol. The van der Waals surface area contributed by atoms with E-state index in [1.165, 1.54) is 18.2 Å². The van der Waals surface area contributed by atoms with E-state index in [1.54, 1.807) is 0 Å². The Labute approximate surface area is 172 Å². The van der Waals surface area contributed by atoms with Crippen LogP contribution in [0.3, 0.4) is 0 Å². The van der Waals surface area contributed by atoms with Crippen LogP contribution in [-0.4, -0.2) is 46.9 Å². The number of nitrogens with one attached hydrogen (secondary N) is 2. The van der Waals surface area contributed by atoms with Crippen LogP contribution in [0.15, 0.2) is 18.2 Å². The summed E-state index contributed by atoms with van der Waals surface area (Å²) in [5.41, 5.74) is -0.423. The Kier molecular flexibility index (Phi) is 7.10. The molecule has 2 unspecified atom stereocenters. The maximum Gasteiger partial charge on any atom is 0.251 e. The molecule has 1 aromatic rings. The Morgan fingerprint density at radius 2 is 2.00 bits per heavy atom. The highest BCUT2D eigenvalue weighted by Gasteiger charge is 2.38. The molecule has 2 amide bonds. The molecule has 2 N–H and O–H groups in total. The van der Waals surface area contributed by atoms with Gasteiger partial charge >= 0.3 is 0 Å². The quantitative estimate of drug-likeness (QED) is 0.775. The Balaban J connectivity index is 2.03. The number of benzene rings is 1. The summed E-state index contributed by atoms with van der Waals surface area (Å²) in [6.07, 6.45) is 2.21. The topological polar surface area (TPSA) is 61.4 Å². The van der Waals surface area contributed by atoms with Gasteiger partial charge in [-0.05, 0) is 65.2 Å². The van der Waals surface area contributed by atoms with Crippen LogP contribution in [-0.2, 0) is 4.79 Å². The molecule has 2 rings (SSSR count). The van der Waals surface area contributed by atoms with Crippen molar-refractivity contribution in [1.29, 1.82) is 0 Å². The molecule has 5 nitrogen and oxygen atoms in total. The van der Waals surface area contributed by atoms with Crippen molar-refractivity contribution in [1.82, 2.24) is 15.5 Å². The Morgan fingerprint density at radius 1 is 1.32 bits per heavy atom. The van der Waals surface area contributed by atoms with Crippen molar-refractivity contribution >= 4 is 23.4 Å². The largest absolute Gasteiger partial charge is 0.350 e. The van der Waals surface area contributed by atoms with E-state index in [9.17, 15) is 14.0 Å². The average molecular weight is 412 g/mol. The lowest BCUT2D eigenvalue weighted by molar-refractivity contribution is -0.124. The maximum atomic E-state index is 13.6. The highest BCUT2D eigenvalue weighted by atomic mass is 35.5. The first-order chi connectivity index (χ1) is 12.9. The fourth-order valence-electron chi connectivity index (χ4n) is 3.77. The van der Waals surface area contributed by atoms with Gasteiger partial charge in [-0.25, -0.2) is 4.39 Å². The first-order valence-corrected chi connectivity index (χ1v) is 10.1. The molecule has 1 saturated heterocycles. The number of rotatable bonds is 5. The lowest BCUT2D eigenvalue weighted by atomic mass is 9.81. The number of piperidine rings is 1. The van der Waals surface area contributed by atoms with Gasteiger partial charge in [0.25, 0.3) is 5.91 Å². The minimum atomic E-state index is -0.531. The molecule has 1 aromatic carbocycles. The summed E-state index contributed by atoms with van der Waals surface area (Å²) in [4.78, 5) is 27.1. The predicted molar refractivity (Wildman–Crippen MR) is 110 cm³/mol. The fourth-order valence-corrected chi connectivity index (χ4v) is 3.99. The third-order valence-corrected chi connectivity index (χ3v) is 5.45. The van der Waals surface area contributed by atoms with Crippen LogP contribution in [0, 0.1) is 5.82 Å². The van der Waals surface area contributed by atoms with Crippen LogP contribution in [0.5, 0.6) is 0 Å². The van der Waals surface area contributed by atoms with E-state index in [1.807, 2.05) is 27.7 Å². The summed E-state index contributed by atoms with van der Waals surface area (Å²) < 4.78 is 13.6. The van der Waals surface area contributed by atoms with Crippen LogP contribution >= 0.6 is 11.6 Å². The van der Waals surface area contributed by atoms with Crippen molar-refractivity contribution in [3.63, 3.8) is 0 Å². The summed E-state index contributed by atoms with van der Waals surface area (Å²) in [6, 6.07) is 3.98. The van der Waals surface area contributed by atoms with Crippen molar-refractivity contribution in [3.8, 4) is 0 Å². The van der Waals surface area contributed by atoms with Gasteiger partial charge in [-0.2, -0.15) is 0 Å². The predicted octanol–water partition coefficient (Wildman–Crippen LogP) is 3.76. The molecule has 0 saturated carbocycles. The van der Waals surface area contributed by atoms with Gasteiger partial charge in [0.1, 0.15) is 5.82 Å². The van der Waals surface area contributed by atoms with Gasteiger partial charge in [0.05, 0.1) is 6.54 Å². The number of hydrogen-bond acceptors (Lipinski definition) is 3. The summed E-state index contributed by atoms with van der Waals surface area (Å²) >= 11 is 5.88. The van der Waals surface area contributed by atoms with Crippen molar-refractivity contribution in [2.24, 2.45) is 0 Å². The van der Waals surface area contributed by atoms with E-state index in [0.717, 1.165) is 19.3 Å². The standard InChI is InChI=1S/C21H31ClFN3O2/c1-6-21(25-19(28)15-9-16(22)11-17(23)10-15)7-8-26(14(2)12-21)13-18(27)24-20(3,4)5/h9-11,14H,6-8,12-13H2,1-5H3,(H,24,27)(H,25,28). The van der Waals surface area contributed by atoms with E-state index in [0.29, 0.717) is 13.1 Å². The van der Waals surface area contributed by atoms with Crippen LogP contribution < -0.4 is 10.6 Å². The molecule has 1 heterocycles. The zero-order valence-electron chi connectivity index (χ0n) is 17.4. The molecule has 1 aliphatic rings. The minimum Gasteiger partial charge on any atom is -0.350 e. The van der Waals surface area contributed by atoms with Crippen molar-refractivity contribution in [3.05, 3.63) is 34.6 Å². The highest BCUT2D eigenvalue weighted by molar-refractivity contribution is 6.31. The van der Waals surface area contributed by atoms with Crippen molar-refractivity contribution in [2.45, 2.75) is 71.0 Å². The number of carbonyl (C=O) groups is 2. The van der Waals surface area contributed by atoms with E-state index in [-0.39, 0.29) is 39.5 Å². The number of amides is 2. The fraction of sp³-hybridized carbons (Fsp3) is 0.619. The SMILES string of the molecule is CCC1(NC(=O)c2cc(F)cc(Cl)c2)CCN(CC(=O)NC(C)(C)C)C(C)C1. The molecule has 0 spiro atoms. The van der Waals surface area contributed by atoms with Crippen LogP contribution in [0.1, 0.15) is 64.2 Å². The Bertz CT molecular complexity index is 715. The summed E-state index contributed by atoms with van der Waals surface area (Å²) in [6.45, 7) is 11.0. The van der Waals surface area contributed by atoms with Gasteiger partial charge in [-0.15, -0.1) is 0 Å². The zero-order valence-corrected chi connectivity index (χ0v) is 18.1. The smallest absolute Gasteiger partial charge is 0.251 e. The first-order valence-electron chi connectivity index (χ1n) is 9.77. The molecule has 0 aliphatic carbocycles. The van der Waals surface area contributed by atoms with E-state index in [2.05, 4.69) is 22.5 Å². The Hall–Kier alpha value is -1.66. The first kappa shape index (κ1) is 22.6. The second kappa shape index (κ2) is 8.78. The van der Waals surface area contributed by atoms with Crippen LogP contribution in [0.2, 0.25) is 5.02 Å². The summed E-state index contributed by atoms with van der Waals surface area (Å²) in [5, 5.41) is 6.29. The molecule has 7 heteroatoms. The second-order valence-corrected chi connectivity index (χ2v) is 9.25. The minimum absolute atomic E-state index is 0.00165. The van der Waals surface area contributed by atoms with Gasteiger partial charge in [0, 0.05) is 34.3 Å². The molecule has 1 fully saturated rings. The van der Waals surface area contributed by atoms with Gasteiger partial charge in [0.2, 0.25) is 5.91 Å². The van der Waals surface area contributed by atoms with Crippen molar-refractivity contribution in [2.75, 3.05) is 13.1 Å². The van der Waals surface area contributed by atoms with Crippen molar-refractivity contribution < 1.29 is 14.0 Å². The molecule has 2 atom stereocenters. The summed E-state index contributed by atoms with van der Waals surface area (Å²) in [7, 11) is 0. The number of halogens is 2. The highest BCUT2D eigenvalue weighted by Crippen LogP contribution is 2.30. The molecule has 156 valence electrons. The normalized spacial score (nSPS) is 23.3. The molecule has 28 heavy (non-hydrogen) atoms. The van der Waals surface area contributed by atoms with E-state index in [4.69, 9.17) is 11.6 Å². The van der Waals surface area contributed by atoms with Gasteiger partial charge in [0.15, 0.2) is 0 Å². The van der Waals surface area contributed by atoms with Crippen LogP contribution in [0.25, 0.3) is 0 Å². The van der Waals surface area contributed by atoms with Gasteiger partial charge < -0.3 is 10.6 Å². The molecule has 0 bridgehead atoms. The lowest BCUT2D eigenvalue weighted by Gasteiger charge is -2.45. The molecule has 1 aliphatic heterocycles. The van der Waals surface area contributed by atoms with Gasteiger partial charge in [-0.3, -0.25) is 14.5 Å². The molecular formula is C21H31ClFN3O2. The number of carbonyl (C=O) groups excluding carboxylic acids is 2. The molecular weight excluding hydrogens is 381 g/mol. The maximum absolute atomic E-state index is 13.6. The van der Waals surface area contributed by atoms with E-state index >= 15 is 0 Å². The molecule has 0 radical (unpaired) electrons. The molecule has 0 aromatic heterocycles. The van der Waals surface area contributed by atoms with E-state index < -0.39 is 5.82 Å². The van der Waals surface area contributed by atoms with Crippen LogP contribution in [0.4, 0.5) is 4.39 Å². The van der Waals surface area contributed by atoms with Gasteiger partial charge in [-0.1, -0.05) is 18.5 Å². The lowest BCUT2D eigenvalue weighted by Crippen LogP contribution is -2.59. The zero-order chi connectivity index (χ0) is 21.1.